The fourth-order valence-electron chi connectivity index (χ4n) is 2.31. The van der Waals surface area contributed by atoms with Gasteiger partial charge in [-0.05, 0) is 39.8 Å². The summed E-state index contributed by atoms with van der Waals surface area (Å²) in [5.74, 6) is -1.36. The van der Waals surface area contributed by atoms with Gasteiger partial charge in [-0.15, -0.1) is 0 Å². The molecular formula is C15H23F2N3S. The normalized spacial score (nSPS) is 11.5. The smallest absolute Gasteiger partial charge is 0.150 e. The molecule has 0 aromatic heterocycles. The highest BCUT2D eigenvalue weighted by Gasteiger charge is 2.15. The topological polar surface area (TPSA) is 41.3 Å². The molecule has 0 spiro atoms. The number of thiocarbonyl (C=S) groups is 1. The van der Waals surface area contributed by atoms with E-state index < -0.39 is 11.6 Å². The van der Waals surface area contributed by atoms with Crippen molar-refractivity contribution >= 4 is 22.9 Å². The van der Waals surface area contributed by atoms with Crippen molar-refractivity contribution in [2.45, 2.75) is 39.8 Å². The van der Waals surface area contributed by atoms with E-state index >= 15 is 0 Å². The van der Waals surface area contributed by atoms with Crippen LogP contribution in [0.3, 0.4) is 0 Å². The summed E-state index contributed by atoms with van der Waals surface area (Å²) in [6.45, 7) is 9.54. The monoisotopic (exact) mass is 315 g/mol. The zero-order chi connectivity index (χ0) is 16.2. The summed E-state index contributed by atoms with van der Waals surface area (Å²) in [5.41, 5.74) is 5.43. The highest BCUT2D eigenvalue weighted by atomic mass is 32.1. The first kappa shape index (κ1) is 17.8. The minimum Gasteiger partial charge on any atom is -0.389 e. The molecule has 0 saturated heterocycles. The Morgan fingerprint density at radius 2 is 1.67 bits per heavy atom. The van der Waals surface area contributed by atoms with Gasteiger partial charge in [0.1, 0.15) is 22.3 Å². The van der Waals surface area contributed by atoms with Gasteiger partial charge in [0.05, 0.1) is 0 Å². The maximum absolute atomic E-state index is 13.9. The van der Waals surface area contributed by atoms with E-state index in [0.717, 1.165) is 12.1 Å². The number of nitrogens with one attached hydrogen (secondary N) is 1. The van der Waals surface area contributed by atoms with Gasteiger partial charge in [0, 0.05) is 30.7 Å². The Hall–Kier alpha value is -1.27. The second-order valence-electron chi connectivity index (χ2n) is 5.53. The molecule has 0 fully saturated rings. The summed E-state index contributed by atoms with van der Waals surface area (Å²) in [4.78, 5) is 2.22. The van der Waals surface area contributed by atoms with Crippen LogP contribution in [-0.4, -0.2) is 35.1 Å². The molecular weight excluding hydrogens is 292 g/mol. The van der Waals surface area contributed by atoms with E-state index in [1.807, 2.05) is 0 Å². The first-order chi connectivity index (χ1) is 9.73. The van der Waals surface area contributed by atoms with E-state index in [2.05, 4.69) is 37.9 Å². The number of nitrogens with zero attached hydrogens (tertiary/aromatic N) is 1. The molecule has 0 saturated carbocycles. The zero-order valence-electron chi connectivity index (χ0n) is 12.9. The van der Waals surface area contributed by atoms with Crippen LogP contribution in [0.5, 0.6) is 0 Å². The maximum Gasteiger partial charge on any atom is 0.150 e. The first-order valence-electron chi connectivity index (χ1n) is 7.02. The summed E-state index contributed by atoms with van der Waals surface area (Å²) in [6.07, 6.45) is 0. The molecule has 1 aromatic rings. The third-order valence-electron chi connectivity index (χ3n) is 3.32. The van der Waals surface area contributed by atoms with Gasteiger partial charge in [0.2, 0.25) is 0 Å². The van der Waals surface area contributed by atoms with Gasteiger partial charge in [-0.3, -0.25) is 4.90 Å². The van der Waals surface area contributed by atoms with E-state index in [-0.39, 0.29) is 16.2 Å². The van der Waals surface area contributed by atoms with Crippen molar-refractivity contribution in [2.24, 2.45) is 5.73 Å². The molecule has 0 atom stereocenters. The Morgan fingerprint density at radius 1 is 1.19 bits per heavy atom. The lowest BCUT2D eigenvalue weighted by atomic mass is 10.2. The van der Waals surface area contributed by atoms with Crippen molar-refractivity contribution in [2.75, 3.05) is 18.4 Å². The fraction of sp³-hybridized carbons (Fsp3) is 0.533. The van der Waals surface area contributed by atoms with Crippen LogP contribution in [0.25, 0.3) is 0 Å². The molecule has 0 aliphatic heterocycles. The lowest BCUT2D eigenvalue weighted by molar-refractivity contribution is 0.182. The molecule has 1 rings (SSSR count). The molecule has 1 aromatic carbocycles. The molecule has 0 aliphatic carbocycles. The van der Waals surface area contributed by atoms with E-state index in [4.69, 9.17) is 18.0 Å². The maximum atomic E-state index is 13.9. The van der Waals surface area contributed by atoms with Gasteiger partial charge in [-0.1, -0.05) is 12.2 Å². The molecule has 3 N–H and O–H groups in total. The summed E-state index contributed by atoms with van der Waals surface area (Å²) < 4.78 is 27.8. The van der Waals surface area contributed by atoms with Gasteiger partial charge in [0.25, 0.3) is 0 Å². The van der Waals surface area contributed by atoms with Crippen molar-refractivity contribution in [1.82, 2.24) is 4.90 Å². The molecule has 3 nitrogen and oxygen atoms in total. The van der Waals surface area contributed by atoms with E-state index in [9.17, 15) is 8.78 Å². The summed E-state index contributed by atoms with van der Waals surface area (Å²) >= 11 is 4.72. The van der Waals surface area contributed by atoms with Crippen molar-refractivity contribution < 1.29 is 8.78 Å². The van der Waals surface area contributed by atoms with E-state index in [1.54, 1.807) is 0 Å². The van der Waals surface area contributed by atoms with Crippen molar-refractivity contribution in [3.05, 3.63) is 29.3 Å². The average molecular weight is 315 g/mol. The molecule has 21 heavy (non-hydrogen) atoms. The minimum atomic E-state index is -0.682. The third kappa shape index (κ3) is 4.89. The quantitative estimate of drug-likeness (QED) is 0.759. The number of anilines is 1. The van der Waals surface area contributed by atoms with Crippen LogP contribution in [0.1, 0.15) is 33.3 Å². The van der Waals surface area contributed by atoms with Gasteiger partial charge in [0.15, 0.2) is 0 Å². The SMILES string of the molecule is CC(C)N(CCNc1c(F)cc(C(N)=S)cc1F)C(C)C. The van der Waals surface area contributed by atoms with Crippen molar-refractivity contribution in [3.63, 3.8) is 0 Å². The van der Waals surface area contributed by atoms with Crippen LogP contribution >= 0.6 is 12.2 Å². The Morgan fingerprint density at radius 3 is 2.05 bits per heavy atom. The van der Waals surface area contributed by atoms with E-state index in [1.165, 1.54) is 0 Å². The number of halogens is 2. The number of rotatable bonds is 7. The van der Waals surface area contributed by atoms with Crippen LogP contribution in [0, 0.1) is 11.6 Å². The van der Waals surface area contributed by atoms with Crippen molar-refractivity contribution in [1.29, 1.82) is 0 Å². The van der Waals surface area contributed by atoms with Crippen LogP contribution in [0.4, 0.5) is 14.5 Å². The molecule has 6 heteroatoms. The molecule has 0 unspecified atom stereocenters. The van der Waals surface area contributed by atoms with Gasteiger partial charge in [-0.2, -0.15) is 0 Å². The Kier molecular flexibility index (Phi) is 6.48. The largest absolute Gasteiger partial charge is 0.389 e. The summed E-state index contributed by atoms with van der Waals surface area (Å²) in [7, 11) is 0. The number of nitrogens with two attached hydrogens (primary N) is 1. The second kappa shape index (κ2) is 7.66. The second-order valence-corrected chi connectivity index (χ2v) is 5.97. The lowest BCUT2D eigenvalue weighted by Crippen LogP contribution is -2.40. The van der Waals surface area contributed by atoms with Crippen LogP contribution in [-0.2, 0) is 0 Å². The average Bonchev–Trinajstić information content (AvgIpc) is 2.35. The molecule has 118 valence electrons. The molecule has 0 bridgehead atoms. The Balaban J connectivity index is 2.74. The van der Waals surface area contributed by atoms with Crippen LogP contribution in [0.2, 0.25) is 0 Å². The van der Waals surface area contributed by atoms with Gasteiger partial charge >= 0.3 is 0 Å². The molecule has 0 radical (unpaired) electrons. The number of benzene rings is 1. The number of hydrogen-bond donors (Lipinski definition) is 2. The summed E-state index contributed by atoms with van der Waals surface area (Å²) in [5, 5.41) is 2.81. The zero-order valence-corrected chi connectivity index (χ0v) is 13.7. The first-order valence-corrected chi connectivity index (χ1v) is 7.43. The van der Waals surface area contributed by atoms with Gasteiger partial charge in [-0.25, -0.2) is 8.78 Å². The molecule has 0 amide bonds. The third-order valence-corrected chi connectivity index (χ3v) is 3.56. The predicted octanol–water partition coefficient (Wildman–Crippen LogP) is 3.13. The Bertz CT molecular complexity index is 473. The highest BCUT2D eigenvalue weighted by Crippen LogP contribution is 2.20. The van der Waals surface area contributed by atoms with Gasteiger partial charge < -0.3 is 11.1 Å². The Labute approximate surface area is 130 Å². The standard InChI is InChI=1S/C15H23F2N3S/c1-9(2)20(10(3)4)6-5-19-14-12(16)7-11(15(18)21)8-13(14)17/h7-10,19H,5-6H2,1-4H3,(H2,18,21). The molecule has 0 aliphatic rings. The molecule has 0 heterocycles. The summed E-state index contributed by atoms with van der Waals surface area (Å²) in [6, 6.07) is 3.05. The van der Waals surface area contributed by atoms with Crippen molar-refractivity contribution in [3.8, 4) is 0 Å². The lowest BCUT2D eigenvalue weighted by Gasteiger charge is -2.30. The fourth-order valence-corrected chi connectivity index (χ4v) is 2.42. The van der Waals surface area contributed by atoms with Crippen LogP contribution in [0.15, 0.2) is 12.1 Å². The van der Waals surface area contributed by atoms with E-state index in [0.29, 0.717) is 25.2 Å². The predicted molar refractivity (Wildman–Crippen MR) is 87.7 cm³/mol. The minimum absolute atomic E-state index is 0.0230. The highest BCUT2D eigenvalue weighted by molar-refractivity contribution is 7.80. The van der Waals surface area contributed by atoms with Crippen LogP contribution < -0.4 is 11.1 Å². The number of hydrogen-bond acceptors (Lipinski definition) is 3.